The summed E-state index contributed by atoms with van der Waals surface area (Å²) in [6.45, 7) is 2.56. The van der Waals surface area contributed by atoms with Gasteiger partial charge in [-0.05, 0) is 61.9 Å². The van der Waals surface area contributed by atoms with Crippen molar-refractivity contribution in [2.75, 3.05) is 13.1 Å². The minimum Gasteiger partial charge on any atom is -0.358 e. The number of benzene rings is 1. The van der Waals surface area contributed by atoms with Crippen molar-refractivity contribution in [3.8, 4) is 5.75 Å². The Hall–Kier alpha value is -2.26. The summed E-state index contributed by atoms with van der Waals surface area (Å²) in [7, 11) is -5.00. The lowest BCUT2D eigenvalue weighted by Crippen LogP contribution is -2.56. The van der Waals surface area contributed by atoms with Gasteiger partial charge in [0.05, 0.1) is 0 Å². The lowest BCUT2D eigenvalue weighted by molar-refractivity contribution is -0.146. The highest BCUT2D eigenvalue weighted by molar-refractivity contribution is 7.81. The molecule has 1 aliphatic carbocycles. The van der Waals surface area contributed by atoms with Crippen molar-refractivity contribution >= 4 is 22.3 Å². The number of hydrogen-bond donors (Lipinski definition) is 0. The number of amides is 2. The molecule has 2 fully saturated rings. The van der Waals surface area contributed by atoms with Crippen LogP contribution in [0.25, 0.3) is 0 Å². The third-order valence-corrected chi connectivity index (χ3v) is 6.38. The van der Waals surface area contributed by atoms with E-state index < -0.39 is 10.5 Å². The van der Waals surface area contributed by atoms with Gasteiger partial charge in [0, 0.05) is 24.7 Å². The summed E-state index contributed by atoms with van der Waals surface area (Å²) in [6.07, 6.45) is 6.49. The fourth-order valence-corrected chi connectivity index (χ4v) is 4.85. The third kappa shape index (κ3) is 3.95. The van der Waals surface area contributed by atoms with Gasteiger partial charge in [-0.2, -0.15) is 8.42 Å². The predicted molar refractivity (Wildman–Crippen MR) is 98.1 cm³/mol. The van der Waals surface area contributed by atoms with Crippen LogP contribution in [-0.2, 0) is 26.6 Å². The molecule has 1 spiro atoms. The highest BCUT2D eigenvalue weighted by atomic mass is 32.3. The molecule has 1 aromatic rings. The number of halogens is 1. The Morgan fingerprint density at radius 3 is 2.14 bits per heavy atom. The molecular formula is C19H21FN2O5S. The summed E-state index contributed by atoms with van der Waals surface area (Å²) in [6, 6.07) is 6.35. The van der Waals surface area contributed by atoms with Crippen LogP contribution in [0.15, 0.2) is 36.4 Å². The predicted octanol–water partition coefficient (Wildman–Crippen LogP) is 1.95. The molecule has 0 unspecified atom stereocenters. The minimum absolute atomic E-state index is 0.0286. The van der Waals surface area contributed by atoms with Crippen molar-refractivity contribution in [2.24, 2.45) is 5.41 Å². The van der Waals surface area contributed by atoms with Crippen molar-refractivity contribution in [3.63, 3.8) is 0 Å². The number of carbonyl (C=O) groups excluding carboxylic acids is 2. The van der Waals surface area contributed by atoms with Gasteiger partial charge in [-0.1, -0.05) is 16.0 Å². The summed E-state index contributed by atoms with van der Waals surface area (Å²) < 4.78 is 37.7. The zero-order valence-corrected chi connectivity index (χ0v) is 16.0. The van der Waals surface area contributed by atoms with Crippen LogP contribution in [0.2, 0.25) is 0 Å². The standard InChI is InChI=1S/C19H21FN2O5S/c20-28(25,26)27-16-3-1-14(2-4-16)13-21-9-7-19(8-10-21)11-15(12-19)22-17(23)5-6-18(22)24/h1-6,15H,7-13H2. The Morgan fingerprint density at radius 2 is 1.61 bits per heavy atom. The van der Waals surface area contributed by atoms with Gasteiger partial charge in [0.2, 0.25) is 0 Å². The molecule has 0 aromatic heterocycles. The topological polar surface area (TPSA) is 84.0 Å². The van der Waals surface area contributed by atoms with E-state index in [2.05, 4.69) is 9.08 Å². The van der Waals surface area contributed by atoms with Crippen molar-refractivity contribution in [3.05, 3.63) is 42.0 Å². The van der Waals surface area contributed by atoms with E-state index in [1.165, 1.54) is 29.2 Å². The molecule has 0 atom stereocenters. The molecule has 0 bridgehead atoms. The second-order valence-electron chi connectivity index (χ2n) is 7.84. The van der Waals surface area contributed by atoms with Crippen LogP contribution in [0.4, 0.5) is 3.89 Å². The molecule has 4 rings (SSSR count). The molecular weight excluding hydrogens is 387 g/mol. The average Bonchev–Trinajstić information content (AvgIpc) is 2.93. The van der Waals surface area contributed by atoms with Crippen molar-refractivity contribution in [1.82, 2.24) is 9.80 Å². The summed E-state index contributed by atoms with van der Waals surface area (Å²) in [5.41, 5.74) is 1.21. The Labute approximate surface area is 163 Å². The van der Waals surface area contributed by atoms with Crippen LogP contribution in [-0.4, -0.2) is 49.2 Å². The first-order chi connectivity index (χ1) is 13.2. The molecule has 2 amide bonds. The van der Waals surface area contributed by atoms with Gasteiger partial charge < -0.3 is 4.18 Å². The van der Waals surface area contributed by atoms with Crippen LogP contribution in [0.3, 0.4) is 0 Å². The van der Waals surface area contributed by atoms with Crippen molar-refractivity contribution in [1.29, 1.82) is 0 Å². The second-order valence-corrected chi connectivity index (χ2v) is 8.79. The number of carbonyl (C=O) groups is 2. The van der Waals surface area contributed by atoms with E-state index in [-0.39, 0.29) is 29.0 Å². The Morgan fingerprint density at radius 1 is 1.04 bits per heavy atom. The molecule has 150 valence electrons. The molecule has 9 heteroatoms. The number of likely N-dealkylation sites (tertiary alicyclic amines) is 1. The number of piperidine rings is 1. The van der Waals surface area contributed by atoms with Gasteiger partial charge >= 0.3 is 10.5 Å². The largest absolute Gasteiger partial charge is 0.488 e. The highest BCUT2D eigenvalue weighted by Gasteiger charge is 2.50. The van der Waals surface area contributed by atoms with E-state index in [0.717, 1.165) is 50.9 Å². The molecule has 1 saturated carbocycles. The first-order valence-electron chi connectivity index (χ1n) is 9.24. The maximum Gasteiger partial charge on any atom is 0.488 e. The van der Waals surface area contributed by atoms with E-state index in [1.54, 1.807) is 12.1 Å². The molecule has 1 saturated heterocycles. The summed E-state index contributed by atoms with van der Waals surface area (Å²) in [4.78, 5) is 27.3. The van der Waals surface area contributed by atoms with Gasteiger partial charge in [-0.3, -0.25) is 19.4 Å². The SMILES string of the molecule is O=C1C=CC(=O)N1C1CC2(CCN(Cc3ccc(OS(=O)(=O)F)cc3)CC2)C1. The van der Waals surface area contributed by atoms with Gasteiger partial charge in [-0.15, -0.1) is 0 Å². The molecule has 0 N–H and O–H groups in total. The van der Waals surface area contributed by atoms with Gasteiger partial charge in [-0.25, -0.2) is 0 Å². The second kappa shape index (κ2) is 6.97. The Balaban J connectivity index is 1.26. The van der Waals surface area contributed by atoms with Gasteiger partial charge in [0.1, 0.15) is 5.75 Å². The third-order valence-electron chi connectivity index (χ3n) is 5.99. The number of hydrogen-bond acceptors (Lipinski definition) is 6. The highest BCUT2D eigenvalue weighted by Crippen LogP contribution is 2.51. The molecule has 2 aliphatic heterocycles. The maximum atomic E-state index is 12.5. The van der Waals surface area contributed by atoms with Gasteiger partial charge in [0.15, 0.2) is 0 Å². The van der Waals surface area contributed by atoms with Crippen molar-refractivity contribution < 1.29 is 26.1 Å². The summed E-state index contributed by atoms with van der Waals surface area (Å²) in [5.74, 6) is -0.449. The van der Waals surface area contributed by atoms with E-state index in [4.69, 9.17) is 0 Å². The Bertz CT molecular complexity index is 894. The quantitative estimate of drug-likeness (QED) is 0.547. The van der Waals surface area contributed by atoms with E-state index in [9.17, 15) is 21.9 Å². The van der Waals surface area contributed by atoms with Crippen LogP contribution in [0.5, 0.6) is 5.75 Å². The van der Waals surface area contributed by atoms with E-state index in [0.29, 0.717) is 0 Å². The van der Waals surface area contributed by atoms with Crippen LogP contribution in [0, 0.1) is 5.41 Å². The Kier molecular flexibility index (Phi) is 4.75. The lowest BCUT2D eigenvalue weighted by atomic mass is 9.60. The zero-order chi connectivity index (χ0) is 19.9. The lowest BCUT2D eigenvalue weighted by Gasteiger charge is -2.54. The van der Waals surface area contributed by atoms with Crippen LogP contribution >= 0.6 is 0 Å². The van der Waals surface area contributed by atoms with Crippen molar-refractivity contribution in [2.45, 2.75) is 38.3 Å². The normalized spacial score (nSPS) is 22.7. The zero-order valence-electron chi connectivity index (χ0n) is 15.2. The smallest absolute Gasteiger partial charge is 0.358 e. The molecule has 3 aliphatic rings. The number of nitrogens with zero attached hydrogens (tertiary/aromatic N) is 2. The molecule has 0 radical (unpaired) electrons. The first kappa shape index (κ1) is 19.1. The fourth-order valence-electron chi connectivity index (χ4n) is 4.51. The fraction of sp³-hybridized carbons (Fsp3) is 0.474. The maximum absolute atomic E-state index is 12.5. The molecule has 2 heterocycles. The minimum atomic E-state index is -5.00. The molecule has 28 heavy (non-hydrogen) atoms. The molecule has 1 aromatic carbocycles. The first-order valence-corrected chi connectivity index (χ1v) is 10.5. The van der Waals surface area contributed by atoms with Crippen LogP contribution < -0.4 is 4.18 Å². The number of imide groups is 1. The van der Waals surface area contributed by atoms with Crippen LogP contribution in [0.1, 0.15) is 31.2 Å². The van der Waals surface area contributed by atoms with E-state index >= 15 is 0 Å². The van der Waals surface area contributed by atoms with Gasteiger partial charge in [0.25, 0.3) is 11.8 Å². The monoisotopic (exact) mass is 408 g/mol. The average molecular weight is 408 g/mol. The summed E-state index contributed by atoms with van der Waals surface area (Å²) >= 11 is 0. The molecule has 7 nitrogen and oxygen atoms in total. The van der Waals surface area contributed by atoms with E-state index in [1.807, 2.05) is 0 Å². The number of rotatable bonds is 5. The summed E-state index contributed by atoms with van der Waals surface area (Å²) in [5, 5.41) is 0.